The molecule has 1 unspecified atom stereocenters. The van der Waals surface area contributed by atoms with Gasteiger partial charge in [-0.15, -0.1) is 0 Å². The fraction of sp³-hybridized carbons (Fsp3) is 0.529. The van der Waals surface area contributed by atoms with Crippen molar-refractivity contribution in [3.8, 4) is 0 Å². The molecule has 0 bridgehead atoms. The number of aliphatic carboxylic acids is 1. The first-order chi connectivity index (χ1) is 9.99. The lowest BCUT2D eigenvalue weighted by atomic mass is 9.82. The van der Waals surface area contributed by atoms with Crippen LogP contribution in [0.15, 0.2) is 18.2 Å². The third kappa shape index (κ3) is 3.84. The second-order valence-corrected chi connectivity index (χ2v) is 5.96. The predicted octanol–water partition coefficient (Wildman–Crippen LogP) is 3.13. The Morgan fingerprint density at radius 3 is 2.62 bits per heavy atom. The Balaban J connectivity index is 2.02. The van der Waals surface area contributed by atoms with E-state index in [-0.39, 0.29) is 5.91 Å². The lowest BCUT2D eigenvalue weighted by molar-refractivity contribution is -0.142. The number of rotatable bonds is 6. The van der Waals surface area contributed by atoms with E-state index in [0.29, 0.717) is 17.9 Å². The van der Waals surface area contributed by atoms with Gasteiger partial charge in [0.05, 0.1) is 0 Å². The highest BCUT2D eigenvalue weighted by Crippen LogP contribution is 2.30. The highest BCUT2D eigenvalue weighted by atomic mass is 16.4. The van der Waals surface area contributed by atoms with Crippen LogP contribution >= 0.6 is 0 Å². The summed E-state index contributed by atoms with van der Waals surface area (Å²) in [5.74, 6) is -0.532. The summed E-state index contributed by atoms with van der Waals surface area (Å²) >= 11 is 0. The number of hydrogen-bond acceptors (Lipinski definition) is 2. The van der Waals surface area contributed by atoms with Crippen LogP contribution in [0.5, 0.6) is 0 Å². The molecule has 0 heterocycles. The normalized spacial score (nSPS) is 16.1. The van der Waals surface area contributed by atoms with E-state index in [9.17, 15) is 14.7 Å². The summed E-state index contributed by atoms with van der Waals surface area (Å²) in [6.07, 6.45) is 4.94. The number of carboxylic acids is 1. The van der Waals surface area contributed by atoms with Crippen LogP contribution in [0.4, 0.5) is 0 Å². The van der Waals surface area contributed by atoms with Crippen molar-refractivity contribution in [2.45, 2.75) is 52.0 Å². The molecule has 4 nitrogen and oxygen atoms in total. The van der Waals surface area contributed by atoms with Gasteiger partial charge in [-0.25, -0.2) is 4.79 Å². The maximum Gasteiger partial charge on any atom is 0.330 e. The van der Waals surface area contributed by atoms with Gasteiger partial charge in [0, 0.05) is 6.42 Å². The van der Waals surface area contributed by atoms with E-state index >= 15 is 0 Å². The first-order valence-corrected chi connectivity index (χ1v) is 7.57. The van der Waals surface area contributed by atoms with Crippen LogP contribution < -0.4 is 5.32 Å². The van der Waals surface area contributed by atoms with Gasteiger partial charge in [0.2, 0.25) is 5.91 Å². The predicted molar refractivity (Wildman–Crippen MR) is 81.0 cm³/mol. The standard InChI is InChI=1S/C17H23NO3/c1-11-5-3-8-14(12(11)2)16(17(20)21)18-15(19)10-9-13-6-4-7-13/h3,5,8,13,16H,4,6-7,9-10H2,1-2H3,(H,18,19)(H,20,21). The van der Waals surface area contributed by atoms with Gasteiger partial charge in [0.1, 0.15) is 0 Å². The Bertz CT molecular complexity index is 535. The quantitative estimate of drug-likeness (QED) is 0.845. The van der Waals surface area contributed by atoms with Crippen molar-refractivity contribution in [1.29, 1.82) is 0 Å². The zero-order valence-corrected chi connectivity index (χ0v) is 12.7. The summed E-state index contributed by atoms with van der Waals surface area (Å²) in [6, 6.07) is 4.58. The molecule has 1 aromatic carbocycles. The molecule has 1 aliphatic carbocycles. The van der Waals surface area contributed by atoms with E-state index in [1.54, 1.807) is 6.07 Å². The van der Waals surface area contributed by atoms with Crippen molar-refractivity contribution in [2.24, 2.45) is 5.92 Å². The molecule has 1 aliphatic rings. The Hall–Kier alpha value is -1.84. The van der Waals surface area contributed by atoms with E-state index in [1.165, 1.54) is 19.3 Å². The zero-order valence-electron chi connectivity index (χ0n) is 12.7. The Morgan fingerprint density at radius 1 is 1.33 bits per heavy atom. The number of hydrogen-bond donors (Lipinski definition) is 2. The fourth-order valence-corrected chi connectivity index (χ4v) is 2.71. The number of amides is 1. The SMILES string of the molecule is Cc1cccc(C(NC(=O)CCC2CCC2)C(=O)O)c1C. The van der Waals surface area contributed by atoms with E-state index < -0.39 is 12.0 Å². The van der Waals surface area contributed by atoms with Crippen molar-refractivity contribution < 1.29 is 14.7 Å². The van der Waals surface area contributed by atoms with E-state index in [0.717, 1.165) is 17.5 Å². The van der Waals surface area contributed by atoms with Gasteiger partial charge < -0.3 is 10.4 Å². The fourth-order valence-electron chi connectivity index (χ4n) is 2.71. The van der Waals surface area contributed by atoms with Crippen molar-refractivity contribution in [3.05, 3.63) is 34.9 Å². The van der Waals surface area contributed by atoms with Crippen LogP contribution in [0, 0.1) is 19.8 Å². The van der Waals surface area contributed by atoms with E-state index in [4.69, 9.17) is 0 Å². The second kappa shape index (κ2) is 6.74. The van der Waals surface area contributed by atoms with Crippen LogP contribution in [0.1, 0.15) is 54.8 Å². The summed E-state index contributed by atoms with van der Waals surface area (Å²) in [5.41, 5.74) is 2.62. The zero-order chi connectivity index (χ0) is 15.4. The average Bonchev–Trinajstić information content (AvgIpc) is 2.37. The minimum absolute atomic E-state index is 0.171. The van der Waals surface area contributed by atoms with Crippen molar-refractivity contribution in [1.82, 2.24) is 5.32 Å². The largest absolute Gasteiger partial charge is 0.479 e. The summed E-state index contributed by atoms with van der Waals surface area (Å²) in [7, 11) is 0. The first-order valence-electron chi connectivity index (χ1n) is 7.57. The number of aryl methyl sites for hydroxylation is 1. The Kier molecular flexibility index (Phi) is 4.99. The summed E-state index contributed by atoms with van der Waals surface area (Å²) < 4.78 is 0. The van der Waals surface area contributed by atoms with Gasteiger partial charge in [-0.1, -0.05) is 37.5 Å². The molecular weight excluding hydrogens is 266 g/mol. The maximum atomic E-state index is 12.0. The molecular formula is C17H23NO3. The highest BCUT2D eigenvalue weighted by Gasteiger charge is 2.25. The van der Waals surface area contributed by atoms with Crippen molar-refractivity contribution in [3.63, 3.8) is 0 Å². The molecule has 1 saturated carbocycles. The number of carbonyl (C=O) groups excluding carboxylic acids is 1. The molecule has 4 heteroatoms. The average molecular weight is 289 g/mol. The minimum Gasteiger partial charge on any atom is -0.479 e. The second-order valence-electron chi connectivity index (χ2n) is 5.96. The van der Waals surface area contributed by atoms with Crippen LogP contribution in [0.2, 0.25) is 0 Å². The Morgan fingerprint density at radius 2 is 2.05 bits per heavy atom. The Labute approximate surface area is 125 Å². The van der Waals surface area contributed by atoms with E-state index in [1.807, 2.05) is 26.0 Å². The topological polar surface area (TPSA) is 66.4 Å². The number of benzene rings is 1. The molecule has 0 aliphatic heterocycles. The molecule has 0 aromatic heterocycles. The van der Waals surface area contributed by atoms with Crippen LogP contribution in [-0.4, -0.2) is 17.0 Å². The van der Waals surface area contributed by atoms with E-state index in [2.05, 4.69) is 5.32 Å². The van der Waals surface area contributed by atoms with Crippen LogP contribution in [0.3, 0.4) is 0 Å². The third-order valence-electron chi connectivity index (χ3n) is 4.51. The van der Waals surface area contributed by atoms with Crippen LogP contribution in [-0.2, 0) is 9.59 Å². The number of carbonyl (C=O) groups is 2. The molecule has 0 spiro atoms. The minimum atomic E-state index is -1.01. The monoisotopic (exact) mass is 289 g/mol. The lowest BCUT2D eigenvalue weighted by Crippen LogP contribution is -2.34. The molecule has 1 aromatic rings. The highest BCUT2D eigenvalue weighted by molar-refractivity contribution is 5.84. The summed E-state index contributed by atoms with van der Waals surface area (Å²) in [4.78, 5) is 23.5. The van der Waals surface area contributed by atoms with Gasteiger partial charge in [-0.3, -0.25) is 4.79 Å². The van der Waals surface area contributed by atoms with Crippen molar-refractivity contribution in [2.75, 3.05) is 0 Å². The van der Waals surface area contributed by atoms with Gasteiger partial charge in [0.25, 0.3) is 0 Å². The first kappa shape index (κ1) is 15.5. The van der Waals surface area contributed by atoms with Crippen molar-refractivity contribution >= 4 is 11.9 Å². The summed E-state index contributed by atoms with van der Waals surface area (Å²) in [6.45, 7) is 3.83. The smallest absolute Gasteiger partial charge is 0.330 e. The molecule has 2 rings (SSSR count). The number of nitrogens with one attached hydrogen (secondary N) is 1. The number of carboxylic acid groups (broad SMARTS) is 1. The molecule has 2 N–H and O–H groups in total. The summed E-state index contributed by atoms with van der Waals surface area (Å²) in [5, 5.41) is 12.1. The van der Waals surface area contributed by atoms with Gasteiger partial charge in [-0.05, 0) is 42.9 Å². The molecule has 1 fully saturated rings. The van der Waals surface area contributed by atoms with Gasteiger partial charge >= 0.3 is 5.97 Å². The maximum absolute atomic E-state index is 12.0. The molecule has 1 amide bonds. The third-order valence-corrected chi connectivity index (χ3v) is 4.51. The molecule has 0 saturated heterocycles. The molecule has 21 heavy (non-hydrogen) atoms. The van der Waals surface area contributed by atoms with Gasteiger partial charge in [0.15, 0.2) is 6.04 Å². The van der Waals surface area contributed by atoms with Crippen LogP contribution in [0.25, 0.3) is 0 Å². The molecule has 114 valence electrons. The lowest BCUT2D eigenvalue weighted by Gasteiger charge is -2.25. The molecule has 1 atom stereocenters. The molecule has 0 radical (unpaired) electrons. The van der Waals surface area contributed by atoms with Gasteiger partial charge in [-0.2, -0.15) is 0 Å².